The lowest BCUT2D eigenvalue weighted by atomic mass is 10.1. The molecule has 4 heteroatoms. The molecule has 0 saturated carbocycles. The molecule has 0 spiro atoms. The Labute approximate surface area is 129 Å². The highest BCUT2D eigenvalue weighted by atomic mass is 16.2. The lowest BCUT2D eigenvalue weighted by Crippen LogP contribution is -2.39. The van der Waals surface area contributed by atoms with E-state index in [0.29, 0.717) is 6.54 Å². The molecule has 0 aliphatic heterocycles. The van der Waals surface area contributed by atoms with Crippen LogP contribution in [0.3, 0.4) is 0 Å². The molecule has 0 bridgehead atoms. The molecule has 0 aromatic heterocycles. The first-order valence-electron chi connectivity index (χ1n) is 7.97. The Bertz CT molecular complexity index is 409. The maximum absolute atomic E-state index is 11.9. The van der Waals surface area contributed by atoms with Crippen molar-refractivity contribution in [3.05, 3.63) is 35.4 Å². The van der Waals surface area contributed by atoms with E-state index < -0.39 is 0 Å². The summed E-state index contributed by atoms with van der Waals surface area (Å²) in [6, 6.07) is 8.50. The Balaban J connectivity index is 2.49. The molecule has 0 fully saturated rings. The Kier molecular flexibility index (Phi) is 7.83. The Morgan fingerprint density at radius 3 is 1.90 bits per heavy atom. The van der Waals surface area contributed by atoms with Gasteiger partial charge in [-0.15, -0.1) is 0 Å². The zero-order valence-corrected chi connectivity index (χ0v) is 13.9. The molecular weight excluding hydrogens is 262 g/mol. The fraction of sp³-hybridized carbons (Fsp3) is 0.588. The van der Waals surface area contributed by atoms with Gasteiger partial charge in [-0.25, -0.2) is 4.79 Å². The second-order valence-corrected chi connectivity index (χ2v) is 5.11. The molecule has 0 aliphatic rings. The summed E-state index contributed by atoms with van der Waals surface area (Å²) < 4.78 is 0. The number of carbonyl (C=O) groups is 1. The fourth-order valence-corrected chi connectivity index (χ4v) is 2.27. The molecule has 0 radical (unpaired) electrons. The average molecular weight is 291 g/mol. The third-order valence-corrected chi connectivity index (χ3v) is 3.82. The first kappa shape index (κ1) is 17.5. The summed E-state index contributed by atoms with van der Waals surface area (Å²) in [6.07, 6.45) is 0. The maximum Gasteiger partial charge on any atom is 0.317 e. The molecule has 0 aliphatic carbocycles. The van der Waals surface area contributed by atoms with Crippen molar-refractivity contribution < 1.29 is 4.79 Å². The molecule has 0 saturated heterocycles. The van der Waals surface area contributed by atoms with E-state index in [9.17, 15) is 4.79 Å². The van der Waals surface area contributed by atoms with Gasteiger partial charge >= 0.3 is 6.03 Å². The van der Waals surface area contributed by atoms with E-state index in [1.54, 1.807) is 4.90 Å². The van der Waals surface area contributed by atoms with E-state index in [-0.39, 0.29) is 6.03 Å². The lowest BCUT2D eigenvalue weighted by molar-refractivity contribution is 0.203. The average Bonchev–Trinajstić information content (AvgIpc) is 2.53. The van der Waals surface area contributed by atoms with Gasteiger partial charge in [0, 0.05) is 26.2 Å². The number of urea groups is 1. The van der Waals surface area contributed by atoms with Gasteiger partial charge < -0.3 is 10.2 Å². The molecular formula is C17H29N3O. The highest BCUT2D eigenvalue weighted by Gasteiger charge is 2.08. The van der Waals surface area contributed by atoms with Crippen LogP contribution in [0.1, 0.15) is 38.8 Å². The zero-order valence-electron chi connectivity index (χ0n) is 13.9. The van der Waals surface area contributed by atoms with Crippen molar-refractivity contribution in [2.45, 2.75) is 40.8 Å². The minimum atomic E-state index is 0.00668. The third kappa shape index (κ3) is 5.76. The van der Waals surface area contributed by atoms with E-state index in [0.717, 1.165) is 38.3 Å². The number of amides is 2. The van der Waals surface area contributed by atoms with E-state index in [1.807, 2.05) is 13.8 Å². The smallest absolute Gasteiger partial charge is 0.317 e. The van der Waals surface area contributed by atoms with Gasteiger partial charge in [-0.2, -0.15) is 0 Å². The minimum Gasteiger partial charge on any atom is -0.334 e. The van der Waals surface area contributed by atoms with E-state index in [1.165, 1.54) is 5.56 Å². The topological polar surface area (TPSA) is 35.6 Å². The molecule has 1 N–H and O–H groups in total. The van der Waals surface area contributed by atoms with E-state index in [2.05, 4.69) is 48.3 Å². The number of benzene rings is 1. The van der Waals surface area contributed by atoms with Gasteiger partial charge in [-0.1, -0.05) is 38.1 Å². The molecule has 1 aromatic rings. The molecule has 21 heavy (non-hydrogen) atoms. The number of hydrogen-bond donors (Lipinski definition) is 1. The first-order chi connectivity index (χ1) is 10.1. The molecule has 1 aromatic carbocycles. The zero-order chi connectivity index (χ0) is 15.7. The normalized spacial score (nSPS) is 10.7. The van der Waals surface area contributed by atoms with Gasteiger partial charge in [-0.05, 0) is 38.1 Å². The summed E-state index contributed by atoms with van der Waals surface area (Å²) in [5.41, 5.74) is 2.45. The van der Waals surface area contributed by atoms with Crippen molar-refractivity contribution in [2.75, 3.05) is 26.2 Å². The van der Waals surface area contributed by atoms with Crippen LogP contribution in [0.25, 0.3) is 0 Å². The van der Waals surface area contributed by atoms with Crippen molar-refractivity contribution in [1.29, 1.82) is 0 Å². The van der Waals surface area contributed by atoms with Crippen LogP contribution in [0.2, 0.25) is 0 Å². The number of carbonyl (C=O) groups excluding carboxylic acids is 1. The predicted molar refractivity (Wildman–Crippen MR) is 88.2 cm³/mol. The van der Waals surface area contributed by atoms with Crippen molar-refractivity contribution in [3.8, 4) is 0 Å². The van der Waals surface area contributed by atoms with Crippen LogP contribution in [-0.4, -0.2) is 42.0 Å². The van der Waals surface area contributed by atoms with Gasteiger partial charge in [0.1, 0.15) is 0 Å². The van der Waals surface area contributed by atoms with E-state index in [4.69, 9.17) is 0 Å². The Morgan fingerprint density at radius 1 is 0.905 bits per heavy atom. The van der Waals surface area contributed by atoms with Gasteiger partial charge in [0.05, 0.1) is 0 Å². The SMILES string of the molecule is CCN(CC)Cc1ccc(CNC(=O)N(CC)CC)cc1. The summed E-state index contributed by atoms with van der Waals surface area (Å²) in [5, 5.41) is 2.96. The fourth-order valence-electron chi connectivity index (χ4n) is 2.27. The molecule has 0 unspecified atom stereocenters. The monoisotopic (exact) mass is 291 g/mol. The van der Waals surface area contributed by atoms with Crippen molar-refractivity contribution in [3.63, 3.8) is 0 Å². The Morgan fingerprint density at radius 2 is 1.43 bits per heavy atom. The molecule has 1 rings (SSSR count). The van der Waals surface area contributed by atoms with Crippen LogP contribution in [0, 0.1) is 0 Å². The summed E-state index contributed by atoms with van der Waals surface area (Å²) >= 11 is 0. The van der Waals surface area contributed by atoms with Crippen molar-refractivity contribution in [1.82, 2.24) is 15.1 Å². The highest BCUT2D eigenvalue weighted by Crippen LogP contribution is 2.07. The van der Waals surface area contributed by atoms with Crippen LogP contribution in [0.5, 0.6) is 0 Å². The third-order valence-electron chi connectivity index (χ3n) is 3.82. The second-order valence-electron chi connectivity index (χ2n) is 5.11. The molecule has 118 valence electrons. The van der Waals surface area contributed by atoms with Crippen LogP contribution in [0.15, 0.2) is 24.3 Å². The molecule has 4 nitrogen and oxygen atoms in total. The van der Waals surface area contributed by atoms with Gasteiger partial charge in [-0.3, -0.25) is 4.90 Å². The van der Waals surface area contributed by atoms with E-state index >= 15 is 0 Å². The predicted octanol–water partition coefficient (Wildman–Crippen LogP) is 3.08. The lowest BCUT2D eigenvalue weighted by Gasteiger charge is -2.19. The Hall–Kier alpha value is -1.55. The van der Waals surface area contributed by atoms with Crippen LogP contribution in [0.4, 0.5) is 4.79 Å². The largest absolute Gasteiger partial charge is 0.334 e. The van der Waals surface area contributed by atoms with Gasteiger partial charge in [0.15, 0.2) is 0 Å². The number of nitrogens with one attached hydrogen (secondary N) is 1. The van der Waals surface area contributed by atoms with Crippen molar-refractivity contribution in [2.24, 2.45) is 0 Å². The van der Waals surface area contributed by atoms with Crippen LogP contribution < -0.4 is 5.32 Å². The quantitative estimate of drug-likeness (QED) is 0.799. The number of hydrogen-bond acceptors (Lipinski definition) is 2. The second kappa shape index (κ2) is 9.40. The summed E-state index contributed by atoms with van der Waals surface area (Å²) in [6.45, 7) is 13.5. The number of nitrogens with zero attached hydrogens (tertiary/aromatic N) is 2. The summed E-state index contributed by atoms with van der Waals surface area (Å²) in [7, 11) is 0. The maximum atomic E-state index is 11.9. The summed E-state index contributed by atoms with van der Waals surface area (Å²) in [4.78, 5) is 16.0. The first-order valence-corrected chi connectivity index (χ1v) is 7.97. The van der Waals surface area contributed by atoms with Gasteiger partial charge in [0.25, 0.3) is 0 Å². The molecule has 0 heterocycles. The van der Waals surface area contributed by atoms with Gasteiger partial charge in [0.2, 0.25) is 0 Å². The van der Waals surface area contributed by atoms with Crippen LogP contribution in [-0.2, 0) is 13.1 Å². The number of rotatable bonds is 8. The summed E-state index contributed by atoms with van der Waals surface area (Å²) in [5.74, 6) is 0. The standard InChI is InChI=1S/C17H29N3O/c1-5-19(6-2)14-16-11-9-15(10-12-16)13-18-17(21)20(7-3)8-4/h9-12H,5-8,13-14H2,1-4H3,(H,18,21). The van der Waals surface area contributed by atoms with Crippen LogP contribution >= 0.6 is 0 Å². The molecule has 2 amide bonds. The van der Waals surface area contributed by atoms with Crippen molar-refractivity contribution >= 4 is 6.03 Å². The highest BCUT2D eigenvalue weighted by molar-refractivity contribution is 5.74. The minimum absolute atomic E-state index is 0.00668. The molecule has 0 atom stereocenters.